The normalized spacial score (nSPS) is 21.2. The maximum Gasteiger partial charge on any atom is 0.0403 e. The van der Waals surface area contributed by atoms with E-state index < -0.39 is 0 Å². The summed E-state index contributed by atoms with van der Waals surface area (Å²) in [6, 6.07) is 6.77. The highest BCUT2D eigenvalue weighted by atomic mass is 79.9. The van der Waals surface area contributed by atoms with E-state index in [4.69, 9.17) is 0 Å². The summed E-state index contributed by atoms with van der Waals surface area (Å²) in [5.41, 5.74) is 3.02. The average molecular weight is 281 g/mol. The van der Waals surface area contributed by atoms with Gasteiger partial charge < -0.3 is 10.2 Å². The van der Waals surface area contributed by atoms with Gasteiger partial charge in [-0.3, -0.25) is 0 Å². The molecule has 2 aliphatic rings. The molecular weight excluding hydrogens is 264 g/mol. The first-order valence-electron chi connectivity index (χ1n) is 6.10. The van der Waals surface area contributed by atoms with E-state index in [9.17, 15) is 0 Å². The molecule has 1 saturated carbocycles. The molecule has 0 radical (unpaired) electrons. The van der Waals surface area contributed by atoms with Crippen molar-refractivity contribution < 1.29 is 0 Å². The van der Waals surface area contributed by atoms with Crippen LogP contribution in [0.2, 0.25) is 0 Å². The van der Waals surface area contributed by atoms with Crippen LogP contribution in [0.5, 0.6) is 0 Å². The van der Waals surface area contributed by atoms with Crippen molar-refractivity contribution in [1.29, 1.82) is 0 Å². The first kappa shape index (κ1) is 10.6. The zero-order valence-electron chi connectivity index (χ0n) is 9.38. The molecule has 0 bridgehead atoms. The van der Waals surface area contributed by atoms with Crippen molar-refractivity contribution in [3.05, 3.63) is 28.2 Å². The Balaban J connectivity index is 1.91. The summed E-state index contributed by atoms with van der Waals surface area (Å²) in [5.74, 6) is 0.822. The zero-order valence-corrected chi connectivity index (χ0v) is 11.0. The lowest BCUT2D eigenvalue weighted by Crippen LogP contribution is -2.43. The summed E-state index contributed by atoms with van der Waals surface area (Å²) in [6.45, 7) is 4.50. The van der Waals surface area contributed by atoms with Crippen molar-refractivity contribution in [2.24, 2.45) is 0 Å². The lowest BCUT2D eigenvalue weighted by molar-refractivity contribution is 0.588. The van der Waals surface area contributed by atoms with E-state index in [0.29, 0.717) is 0 Å². The summed E-state index contributed by atoms with van der Waals surface area (Å²) < 4.78 is 1.22. The Hall–Kier alpha value is -0.540. The molecule has 0 aromatic heterocycles. The first-order valence-corrected chi connectivity index (χ1v) is 6.89. The van der Waals surface area contributed by atoms with Crippen LogP contribution in [-0.2, 0) is 0 Å². The zero-order chi connectivity index (χ0) is 11.0. The minimum atomic E-state index is 0.822. The predicted octanol–water partition coefficient (Wildman–Crippen LogP) is 2.74. The maximum absolute atomic E-state index is 3.59. The Kier molecular flexibility index (Phi) is 2.90. The molecule has 1 N–H and O–H groups in total. The minimum Gasteiger partial charge on any atom is -0.369 e. The molecule has 2 nitrogen and oxygen atoms in total. The highest BCUT2D eigenvalue weighted by molar-refractivity contribution is 9.10. The second-order valence-electron chi connectivity index (χ2n) is 4.71. The Morgan fingerprint density at radius 3 is 2.62 bits per heavy atom. The van der Waals surface area contributed by atoms with Gasteiger partial charge in [0, 0.05) is 36.3 Å². The van der Waals surface area contributed by atoms with E-state index in [1.54, 1.807) is 5.56 Å². The topological polar surface area (TPSA) is 15.3 Å². The van der Waals surface area contributed by atoms with E-state index in [-0.39, 0.29) is 0 Å². The molecule has 3 heteroatoms. The highest BCUT2D eigenvalue weighted by Crippen LogP contribution is 2.45. The van der Waals surface area contributed by atoms with Crippen molar-refractivity contribution >= 4 is 21.6 Å². The van der Waals surface area contributed by atoms with Crippen LogP contribution in [0.15, 0.2) is 22.7 Å². The third-order valence-electron chi connectivity index (χ3n) is 3.46. The van der Waals surface area contributed by atoms with Crippen molar-refractivity contribution in [2.75, 3.05) is 31.1 Å². The highest BCUT2D eigenvalue weighted by Gasteiger charge is 2.28. The van der Waals surface area contributed by atoms with Gasteiger partial charge in [-0.2, -0.15) is 0 Å². The van der Waals surface area contributed by atoms with Gasteiger partial charge in [0.25, 0.3) is 0 Å². The van der Waals surface area contributed by atoms with E-state index in [1.165, 1.54) is 23.0 Å². The van der Waals surface area contributed by atoms with Crippen molar-refractivity contribution in [2.45, 2.75) is 18.8 Å². The fourth-order valence-electron chi connectivity index (χ4n) is 2.44. The summed E-state index contributed by atoms with van der Waals surface area (Å²) in [4.78, 5) is 2.52. The van der Waals surface area contributed by atoms with Crippen LogP contribution in [0.25, 0.3) is 0 Å². The molecule has 86 valence electrons. The number of nitrogens with one attached hydrogen (secondary N) is 1. The molecule has 0 atom stereocenters. The van der Waals surface area contributed by atoms with E-state index in [0.717, 1.165) is 32.1 Å². The quantitative estimate of drug-likeness (QED) is 0.896. The van der Waals surface area contributed by atoms with Gasteiger partial charge in [0.2, 0.25) is 0 Å². The van der Waals surface area contributed by atoms with Crippen LogP contribution >= 0.6 is 15.9 Å². The molecule has 2 fully saturated rings. The lowest BCUT2D eigenvalue weighted by atomic mass is 10.1. The number of benzene rings is 1. The molecular formula is C13H17BrN2. The largest absolute Gasteiger partial charge is 0.369 e. The monoisotopic (exact) mass is 280 g/mol. The van der Waals surface area contributed by atoms with Crippen LogP contribution < -0.4 is 10.2 Å². The number of nitrogens with zero attached hydrogens (tertiary/aromatic N) is 1. The van der Waals surface area contributed by atoms with Gasteiger partial charge in [0.05, 0.1) is 0 Å². The third kappa shape index (κ3) is 2.11. The number of anilines is 1. The second kappa shape index (κ2) is 4.38. The molecule has 3 rings (SSSR count). The van der Waals surface area contributed by atoms with Gasteiger partial charge in [0.1, 0.15) is 0 Å². The predicted molar refractivity (Wildman–Crippen MR) is 71.2 cm³/mol. The Morgan fingerprint density at radius 2 is 1.94 bits per heavy atom. The molecule has 0 amide bonds. The summed E-state index contributed by atoms with van der Waals surface area (Å²) in [5, 5.41) is 3.41. The third-order valence-corrected chi connectivity index (χ3v) is 3.96. The van der Waals surface area contributed by atoms with E-state index in [2.05, 4.69) is 44.3 Å². The van der Waals surface area contributed by atoms with E-state index in [1.807, 2.05) is 0 Å². The van der Waals surface area contributed by atoms with Crippen molar-refractivity contribution in [3.63, 3.8) is 0 Å². The van der Waals surface area contributed by atoms with Gasteiger partial charge in [-0.1, -0.05) is 15.9 Å². The number of hydrogen-bond acceptors (Lipinski definition) is 2. The molecule has 1 aromatic carbocycles. The van der Waals surface area contributed by atoms with Crippen LogP contribution in [-0.4, -0.2) is 26.2 Å². The Morgan fingerprint density at radius 1 is 1.19 bits per heavy atom. The van der Waals surface area contributed by atoms with Gasteiger partial charge >= 0.3 is 0 Å². The molecule has 1 aliphatic heterocycles. The first-order chi connectivity index (χ1) is 7.84. The lowest BCUT2D eigenvalue weighted by Gasteiger charge is -2.31. The van der Waals surface area contributed by atoms with Gasteiger partial charge in [-0.15, -0.1) is 0 Å². The van der Waals surface area contributed by atoms with Gasteiger partial charge in [-0.25, -0.2) is 0 Å². The van der Waals surface area contributed by atoms with Crippen LogP contribution in [0.3, 0.4) is 0 Å². The molecule has 1 aromatic rings. The summed E-state index contributed by atoms with van der Waals surface area (Å²) in [7, 11) is 0. The fraction of sp³-hybridized carbons (Fsp3) is 0.538. The standard InChI is InChI=1S/C13H17BrN2/c14-11-3-4-13(12(9-11)10-1-2-10)16-7-5-15-6-8-16/h3-4,9-10,15H,1-2,5-8H2. The number of piperazine rings is 1. The maximum atomic E-state index is 3.59. The van der Waals surface area contributed by atoms with E-state index >= 15 is 0 Å². The van der Waals surface area contributed by atoms with Crippen molar-refractivity contribution in [3.8, 4) is 0 Å². The Bertz CT molecular complexity index is 382. The van der Waals surface area contributed by atoms with Gasteiger partial charge in [0.15, 0.2) is 0 Å². The molecule has 1 aliphatic carbocycles. The Labute approximate surface area is 105 Å². The number of rotatable bonds is 2. The molecule has 1 saturated heterocycles. The molecule has 0 spiro atoms. The smallest absolute Gasteiger partial charge is 0.0403 e. The molecule has 1 heterocycles. The van der Waals surface area contributed by atoms with Crippen LogP contribution in [0.4, 0.5) is 5.69 Å². The number of hydrogen-bond donors (Lipinski definition) is 1. The van der Waals surface area contributed by atoms with Gasteiger partial charge in [-0.05, 0) is 42.5 Å². The summed E-state index contributed by atoms with van der Waals surface area (Å²) >= 11 is 3.59. The molecule has 0 unspecified atom stereocenters. The molecule has 16 heavy (non-hydrogen) atoms. The average Bonchev–Trinajstić information content (AvgIpc) is 3.14. The second-order valence-corrected chi connectivity index (χ2v) is 5.63. The van der Waals surface area contributed by atoms with Crippen molar-refractivity contribution in [1.82, 2.24) is 5.32 Å². The number of halogens is 1. The van der Waals surface area contributed by atoms with Crippen LogP contribution in [0.1, 0.15) is 24.3 Å². The minimum absolute atomic E-state index is 0.822. The summed E-state index contributed by atoms with van der Waals surface area (Å²) in [6.07, 6.45) is 2.74. The SMILES string of the molecule is Brc1ccc(N2CCNCC2)c(C2CC2)c1. The van der Waals surface area contributed by atoms with Crippen LogP contribution in [0, 0.1) is 0 Å². The fourth-order valence-corrected chi connectivity index (χ4v) is 2.82.